The van der Waals surface area contributed by atoms with Gasteiger partial charge in [0.15, 0.2) is 0 Å². The van der Waals surface area contributed by atoms with E-state index in [0.29, 0.717) is 26.0 Å². The lowest BCUT2D eigenvalue weighted by Gasteiger charge is -2.19. The normalized spacial score (nSPS) is 11.6. The van der Waals surface area contributed by atoms with Gasteiger partial charge in [-0.15, -0.1) is 22.7 Å². The van der Waals surface area contributed by atoms with Crippen molar-refractivity contribution in [3.63, 3.8) is 0 Å². The van der Waals surface area contributed by atoms with Crippen LogP contribution in [-0.4, -0.2) is 29.1 Å². The number of hydrogen-bond acceptors (Lipinski definition) is 9. The first kappa shape index (κ1) is 27.1. The Kier molecular flexibility index (Phi) is 8.66. The van der Waals surface area contributed by atoms with E-state index in [-0.39, 0.29) is 12.2 Å². The van der Waals surface area contributed by atoms with Gasteiger partial charge in [0, 0.05) is 17.1 Å². The molecule has 9 heteroatoms. The Morgan fingerprint density at radius 1 is 1.17 bits per heavy atom. The van der Waals surface area contributed by atoms with Crippen molar-refractivity contribution in [1.82, 2.24) is 4.98 Å². The van der Waals surface area contributed by atoms with Crippen molar-refractivity contribution >= 4 is 45.2 Å². The van der Waals surface area contributed by atoms with E-state index in [1.165, 1.54) is 23.1 Å². The molecule has 0 saturated heterocycles. The number of carbonyl (C=O) groups is 2. The van der Waals surface area contributed by atoms with E-state index < -0.39 is 17.5 Å². The number of nitriles is 1. The van der Waals surface area contributed by atoms with Gasteiger partial charge in [-0.2, -0.15) is 5.26 Å². The van der Waals surface area contributed by atoms with Gasteiger partial charge in [-0.05, 0) is 52.2 Å². The van der Waals surface area contributed by atoms with Crippen molar-refractivity contribution in [2.24, 2.45) is 0 Å². The minimum Gasteiger partial charge on any atom is -0.462 e. The van der Waals surface area contributed by atoms with Crippen LogP contribution in [0, 0.1) is 18.3 Å². The number of anilines is 1. The molecule has 2 heterocycles. The maximum absolute atomic E-state index is 12.8. The molecular weight excluding hydrogens is 494 g/mol. The summed E-state index contributed by atoms with van der Waals surface area (Å²) in [5.74, 6) is -1.07. The third-order valence-corrected chi connectivity index (χ3v) is 7.15. The second-order valence-electron chi connectivity index (χ2n) is 8.89. The monoisotopic (exact) mass is 523 g/mol. The van der Waals surface area contributed by atoms with Crippen LogP contribution in [0.1, 0.15) is 70.8 Å². The molecule has 0 amide bonds. The molecule has 3 aromatic rings. The predicted molar refractivity (Wildman–Crippen MR) is 144 cm³/mol. The molecule has 2 aromatic heterocycles. The van der Waals surface area contributed by atoms with E-state index in [1.54, 1.807) is 34.6 Å². The maximum atomic E-state index is 12.8. The SMILES string of the molecule is CCOC(=O)c1c(N/C=C(/C#N)c2nc(-c3ccc(CC)cc3)cs2)sc(C(=O)OC(C)(C)C)c1C. The Labute approximate surface area is 219 Å². The molecule has 3 rings (SSSR count). The Hall–Kier alpha value is -3.48. The van der Waals surface area contributed by atoms with Crippen molar-refractivity contribution in [3.05, 3.63) is 62.4 Å². The van der Waals surface area contributed by atoms with E-state index in [4.69, 9.17) is 9.47 Å². The summed E-state index contributed by atoms with van der Waals surface area (Å²) in [5.41, 5.74) is 3.33. The highest BCUT2D eigenvalue weighted by molar-refractivity contribution is 7.18. The van der Waals surface area contributed by atoms with Crippen LogP contribution in [0.4, 0.5) is 5.00 Å². The number of aromatic nitrogens is 1. The van der Waals surface area contributed by atoms with Crippen LogP contribution >= 0.6 is 22.7 Å². The first-order valence-corrected chi connectivity index (χ1v) is 13.2. The molecule has 7 nitrogen and oxygen atoms in total. The molecule has 0 saturated carbocycles. The second kappa shape index (κ2) is 11.5. The number of rotatable bonds is 8. The molecule has 0 aliphatic carbocycles. The number of esters is 2. The standard InChI is InChI=1S/C27H29N3O4S2/c1-7-17-9-11-18(12-10-17)20-15-35-23(30-20)19(13-28)14-29-24-21(25(31)33-8-2)16(3)22(36-24)26(32)34-27(4,5)6/h9-12,14-15,29H,7-8H2,1-6H3/b19-14-. The van der Waals surface area contributed by atoms with Crippen LogP contribution < -0.4 is 5.32 Å². The number of benzene rings is 1. The summed E-state index contributed by atoms with van der Waals surface area (Å²) in [5, 5.41) is 15.7. The van der Waals surface area contributed by atoms with Gasteiger partial charge in [-0.25, -0.2) is 14.6 Å². The van der Waals surface area contributed by atoms with Crippen LogP contribution in [0.2, 0.25) is 0 Å². The number of thiazole rings is 1. The molecule has 188 valence electrons. The Balaban J connectivity index is 1.92. The molecule has 1 aromatic carbocycles. The lowest BCUT2D eigenvalue weighted by molar-refractivity contribution is 0.00745. The number of thiophene rings is 1. The molecule has 0 aliphatic rings. The number of allylic oxidation sites excluding steroid dienone is 1. The minimum absolute atomic E-state index is 0.190. The van der Waals surface area contributed by atoms with E-state index in [1.807, 2.05) is 17.5 Å². The van der Waals surface area contributed by atoms with Crippen molar-refractivity contribution < 1.29 is 19.1 Å². The highest BCUT2D eigenvalue weighted by Gasteiger charge is 2.28. The highest BCUT2D eigenvalue weighted by atomic mass is 32.1. The zero-order chi connectivity index (χ0) is 26.5. The van der Waals surface area contributed by atoms with Crippen LogP contribution in [0.3, 0.4) is 0 Å². The number of aryl methyl sites for hydroxylation is 1. The number of carbonyl (C=O) groups excluding carboxylic acids is 2. The van der Waals surface area contributed by atoms with E-state index in [2.05, 4.69) is 35.4 Å². The summed E-state index contributed by atoms with van der Waals surface area (Å²) in [6, 6.07) is 10.3. The van der Waals surface area contributed by atoms with Crippen molar-refractivity contribution in [3.8, 4) is 17.3 Å². The minimum atomic E-state index is -0.682. The summed E-state index contributed by atoms with van der Waals surface area (Å²) >= 11 is 2.44. The summed E-state index contributed by atoms with van der Waals surface area (Å²) in [7, 11) is 0. The van der Waals surface area contributed by atoms with Crippen molar-refractivity contribution in [2.45, 2.75) is 53.6 Å². The van der Waals surface area contributed by atoms with Gasteiger partial charge in [0.1, 0.15) is 32.1 Å². The van der Waals surface area contributed by atoms with Crippen LogP contribution in [0.25, 0.3) is 16.8 Å². The fourth-order valence-corrected chi connectivity index (χ4v) is 5.14. The fraction of sp³-hybridized carbons (Fsp3) is 0.333. The first-order chi connectivity index (χ1) is 17.1. The van der Waals surface area contributed by atoms with Gasteiger partial charge in [-0.1, -0.05) is 31.2 Å². The molecule has 0 radical (unpaired) electrons. The van der Waals surface area contributed by atoms with E-state index in [0.717, 1.165) is 29.0 Å². The Morgan fingerprint density at radius 2 is 1.86 bits per heavy atom. The lowest BCUT2D eigenvalue weighted by Crippen LogP contribution is -2.23. The Bertz CT molecular complexity index is 1320. The molecule has 36 heavy (non-hydrogen) atoms. The summed E-state index contributed by atoms with van der Waals surface area (Å²) in [6.45, 7) is 11.0. The summed E-state index contributed by atoms with van der Waals surface area (Å²) in [6.07, 6.45) is 2.46. The third kappa shape index (κ3) is 6.39. The summed E-state index contributed by atoms with van der Waals surface area (Å²) in [4.78, 5) is 30.4. The van der Waals surface area contributed by atoms with Gasteiger partial charge in [0.25, 0.3) is 0 Å². The maximum Gasteiger partial charge on any atom is 0.349 e. The van der Waals surface area contributed by atoms with Crippen molar-refractivity contribution in [2.75, 3.05) is 11.9 Å². The predicted octanol–water partition coefficient (Wildman–Crippen LogP) is 6.85. The number of nitrogens with zero attached hydrogens (tertiary/aromatic N) is 2. The zero-order valence-electron chi connectivity index (χ0n) is 21.2. The molecule has 0 fully saturated rings. The molecular formula is C27H29N3O4S2. The van der Waals surface area contributed by atoms with Gasteiger partial charge in [0.2, 0.25) is 0 Å². The van der Waals surface area contributed by atoms with Crippen LogP contribution in [-0.2, 0) is 15.9 Å². The van der Waals surface area contributed by atoms with Gasteiger partial charge >= 0.3 is 11.9 Å². The molecule has 0 unspecified atom stereocenters. The molecule has 0 bridgehead atoms. The zero-order valence-corrected chi connectivity index (χ0v) is 22.9. The molecule has 0 atom stereocenters. The van der Waals surface area contributed by atoms with E-state index >= 15 is 0 Å². The molecule has 1 N–H and O–H groups in total. The Morgan fingerprint density at radius 3 is 2.44 bits per heavy atom. The largest absolute Gasteiger partial charge is 0.462 e. The quantitative estimate of drug-likeness (QED) is 0.254. The number of nitrogens with one attached hydrogen (secondary N) is 1. The van der Waals surface area contributed by atoms with E-state index in [9.17, 15) is 14.9 Å². The lowest BCUT2D eigenvalue weighted by atomic mass is 10.1. The molecule has 0 spiro atoms. The van der Waals surface area contributed by atoms with Crippen LogP contribution in [0.15, 0.2) is 35.8 Å². The average Bonchev–Trinajstić information content (AvgIpc) is 3.44. The van der Waals surface area contributed by atoms with Gasteiger partial charge in [-0.3, -0.25) is 0 Å². The fourth-order valence-electron chi connectivity index (χ4n) is 3.30. The van der Waals surface area contributed by atoms with Gasteiger partial charge < -0.3 is 14.8 Å². The summed E-state index contributed by atoms with van der Waals surface area (Å²) < 4.78 is 10.7. The highest BCUT2D eigenvalue weighted by Crippen LogP contribution is 2.36. The van der Waals surface area contributed by atoms with Crippen molar-refractivity contribution in [1.29, 1.82) is 5.26 Å². The van der Waals surface area contributed by atoms with Crippen LogP contribution in [0.5, 0.6) is 0 Å². The molecule has 0 aliphatic heterocycles. The second-order valence-corrected chi connectivity index (χ2v) is 10.8. The topological polar surface area (TPSA) is 101 Å². The first-order valence-electron chi connectivity index (χ1n) is 11.5. The smallest absolute Gasteiger partial charge is 0.349 e. The average molecular weight is 524 g/mol. The number of ether oxygens (including phenoxy) is 2. The third-order valence-electron chi connectivity index (χ3n) is 5.07. The van der Waals surface area contributed by atoms with Gasteiger partial charge in [0.05, 0.1) is 17.9 Å². The number of hydrogen-bond donors (Lipinski definition) is 1.